The van der Waals surface area contributed by atoms with Gasteiger partial charge >= 0.3 is 0 Å². The third kappa shape index (κ3) is 3.53. The molecule has 5 nitrogen and oxygen atoms in total. The van der Waals surface area contributed by atoms with Crippen molar-refractivity contribution < 1.29 is 13.2 Å². The fourth-order valence-electron chi connectivity index (χ4n) is 2.30. The average Bonchev–Trinajstić information content (AvgIpc) is 2.55. The Labute approximate surface area is 149 Å². The van der Waals surface area contributed by atoms with Gasteiger partial charge in [-0.05, 0) is 48.9 Å². The number of nitrogens with one attached hydrogen (secondary N) is 2. The first-order chi connectivity index (χ1) is 11.4. The van der Waals surface area contributed by atoms with E-state index < -0.39 is 10.0 Å². The molecule has 0 saturated heterocycles. The topological polar surface area (TPSA) is 75.3 Å². The highest BCUT2D eigenvalue weighted by Crippen LogP contribution is 2.38. The summed E-state index contributed by atoms with van der Waals surface area (Å²) in [4.78, 5) is 12.9. The number of sulfonamides is 1. The average molecular weight is 383 g/mol. The van der Waals surface area contributed by atoms with E-state index in [0.717, 1.165) is 4.90 Å². The van der Waals surface area contributed by atoms with Crippen molar-refractivity contribution in [1.82, 2.24) is 0 Å². The van der Waals surface area contributed by atoms with E-state index in [1.54, 1.807) is 30.3 Å². The number of carbonyl (C=O) groups excluding carboxylic acids is 1. The minimum atomic E-state index is -3.75. The largest absolute Gasteiger partial charge is 0.324 e. The second kappa shape index (κ2) is 6.66. The molecule has 2 N–H and O–H groups in total. The highest BCUT2D eigenvalue weighted by molar-refractivity contribution is 8.01. The highest BCUT2D eigenvalue weighted by atomic mass is 35.5. The van der Waals surface area contributed by atoms with Gasteiger partial charge in [0.05, 0.1) is 15.8 Å². The molecule has 0 bridgehead atoms. The first kappa shape index (κ1) is 17.1. The Kier molecular flexibility index (Phi) is 4.76. The van der Waals surface area contributed by atoms with Crippen LogP contribution in [0.25, 0.3) is 0 Å². The maximum atomic E-state index is 12.5. The number of carbonyl (C=O) groups is 1. The summed E-state index contributed by atoms with van der Waals surface area (Å²) in [6.07, 6.45) is 0.716. The van der Waals surface area contributed by atoms with Crippen LogP contribution in [0.5, 0.6) is 0 Å². The lowest BCUT2D eigenvalue weighted by Gasteiger charge is -2.23. The van der Waals surface area contributed by atoms with Crippen LogP contribution in [-0.2, 0) is 14.8 Å². The summed E-state index contributed by atoms with van der Waals surface area (Å²) in [5.41, 5.74) is 0.940. The summed E-state index contributed by atoms with van der Waals surface area (Å²) in [6, 6.07) is 11.1. The van der Waals surface area contributed by atoms with Crippen LogP contribution >= 0.6 is 23.4 Å². The van der Waals surface area contributed by atoms with Gasteiger partial charge in [-0.25, -0.2) is 8.42 Å². The minimum Gasteiger partial charge on any atom is -0.324 e. The Hall–Kier alpha value is -1.70. The van der Waals surface area contributed by atoms with E-state index in [2.05, 4.69) is 10.0 Å². The molecule has 0 spiro atoms. The van der Waals surface area contributed by atoms with Gasteiger partial charge in [0.25, 0.3) is 10.0 Å². The monoisotopic (exact) mass is 382 g/mol. The van der Waals surface area contributed by atoms with Gasteiger partial charge in [-0.1, -0.05) is 18.5 Å². The Morgan fingerprint density at radius 3 is 2.58 bits per heavy atom. The van der Waals surface area contributed by atoms with E-state index in [1.807, 2.05) is 6.92 Å². The summed E-state index contributed by atoms with van der Waals surface area (Å²) in [5, 5.41) is 3.15. The maximum Gasteiger partial charge on any atom is 0.261 e. The third-order valence-corrected chi connectivity index (χ3v) is 6.62. The summed E-state index contributed by atoms with van der Waals surface area (Å²) >= 11 is 7.25. The second-order valence-electron chi connectivity index (χ2n) is 5.27. The van der Waals surface area contributed by atoms with Crippen molar-refractivity contribution in [3.05, 3.63) is 47.5 Å². The molecule has 1 aliphatic heterocycles. The van der Waals surface area contributed by atoms with Crippen molar-refractivity contribution in [1.29, 1.82) is 0 Å². The number of rotatable bonds is 4. The predicted molar refractivity (Wildman–Crippen MR) is 97.3 cm³/mol. The van der Waals surface area contributed by atoms with E-state index in [1.165, 1.54) is 23.9 Å². The van der Waals surface area contributed by atoms with Crippen molar-refractivity contribution in [2.75, 3.05) is 10.0 Å². The number of fused-ring (bicyclic) bond motifs is 1. The number of anilines is 2. The van der Waals surface area contributed by atoms with Gasteiger partial charge in [0, 0.05) is 15.6 Å². The molecular weight excluding hydrogens is 368 g/mol. The standard InChI is InChI=1S/C16H15ClN2O3S2/c1-2-14-16(20)18-13-9-12(7-8-15(13)23-14)24(21,22)19-11-5-3-10(17)4-6-11/h3-9,14,19H,2H2,1H3,(H,18,20). The van der Waals surface area contributed by atoms with Gasteiger partial charge in [0.2, 0.25) is 5.91 Å². The van der Waals surface area contributed by atoms with Crippen LogP contribution in [0.3, 0.4) is 0 Å². The summed E-state index contributed by atoms with van der Waals surface area (Å²) < 4.78 is 27.5. The molecule has 1 unspecified atom stereocenters. The zero-order valence-corrected chi connectivity index (χ0v) is 15.1. The molecule has 1 amide bonds. The number of hydrogen-bond donors (Lipinski definition) is 2. The van der Waals surface area contributed by atoms with E-state index >= 15 is 0 Å². The normalized spacial score (nSPS) is 17.1. The molecule has 0 aromatic heterocycles. The quantitative estimate of drug-likeness (QED) is 0.839. The fourth-order valence-corrected chi connectivity index (χ4v) is 4.53. The van der Waals surface area contributed by atoms with Gasteiger partial charge in [-0.2, -0.15) is 0 Å². The molecule has 0 saturated carbocycles. The van der Waals surface area contributed by atoms with Gasteiger partial charge in [0.15, 0.2) is 0 Å². The Morgan fingerprint density at radius 1 is 1.21 bits per heavy atom. The number of amides is 1. The second-order valence-corrected chi connectivity index (χ2v) is 8.64. The fraction of sp³-hybridized carbons (Fsp3) is 0.188. The number of thioether (sulfide) groups is 1. The molecule has 0 fully saturated rings. The lowest BCUT2D eigenvalue weighted by atomic mass is 10.2. The first-order valence-electron chi connectivity index (χ1n) is 7.29. The molecule has 1 aliphatic rings. The van der Waals surface area contributed by atoms with Gasteiger partial charge in [-0.15, -0.1) is 11.8 Å². The first-order valence-corrected chi connectivity index (χ1v) is 10.0. The smallest absolute Gasteiger partial charge is 0.261 e. The van der Waals surface area contributed by atoms with Crippen molar-refractivity contribution in [2.45, 2.75) is 28.4 Å². The molecule has 0 radical (unpaired) electrons. The van der Waals surface area contributed by atoms with Crippen LogP contribution in [0.4, 0.5) is 11.4 Å². The van der Waals surface area contributed by atoms with Crippen LogP contribution in [0.2, 0.25) is 5.02 Å². The summed E-state index contributed by atoms with van der Waals surface area (Å²) in [7, 11) is -3.75. The Balaban J connectivity index is 1.88. The molecule has 1 heterocycles. The van der Waals surface area contributed by atoms with Crippen molar-refractivity contribution >= 4 is 50.7 Å². The number of benzene rings is 2. The SMILES string of the molecule is CCC1Sc2ccc(S(=O)(=O)Nc3ccc(Cl)cc3)cc2NC1=O. The van der Waals surface area contributed by atoms with Crippen LogP contribution in [-0.4, -0.2) is 19.6 Å². The van der Waals surface area contributed by atoms with Crippen molar-refractivity contribution in [2.24, 2.45) is 0 Å². The van der Waals surface area contributed by atoms with Gasteiger partial charge < -0.3 is 5.32 Å². The molecule has 0 aliphatic carbocycles. The molecule has 2 aromatic rings. The van der Waals surface area contributed by atoms with E-state index in [9.17, 15) is 13.2 Å². The van der Waals surface area contributed by atoms with Crippen LogP contribution in [0, 0.1) is 0 Å². The van der Waals surface area contributed by atoms with Crippen LogP contribution in [0.1, 0.15) is 13.3 Å². The predicted octanol–water partition coefficient (Wildman–Crippen LogP) is 3.96. The van der Waals surface area contributed by atoms with Gasteiger partial charge in [0.1, 0.15) is 0 Å². The van der Waals surface area contributed by atoms with Gasteiger partial charge in [-0.3, -0.25) is 9.52 Å². The van der Waals surface area contributed by atoms with Crippen LogP contribution < -0.4 is 10.0 Å². The molecule has 8 heteroatoms. The van der Waals surface area contributed by atoms with Crippen molar-refractivity contribution in [3.8, 4) is 0 Å². The van der Waals surface area contributed by atoms with E-state index in [4.69, 9.17) is 11.6 Å². The molecule has 1 atom stereocenters. The lowest BCUT2D eigenvalue weighted by Crippen LogP contribution is -2.28. The third-order valence-electron chi connectivity index (χ3n) is 3.55. The summed E-state index contributed by atoms with van der Waals surface area (Å²) in [6.45, 7) is 1.94. The van der Waals surface area contributed by atoms with Crippen LogP contribution in [0.15, 0.2) is 52.3 Å². The zero-order valence-electron chi connectivity index (χ0n) is 12.7. The molecule has 24 heavy (non-hydrogen) atoms. The molecule has 2 aromatic carbocycles. The molecule has 3 rings (SSSR count). The Bertz CT molecular complexity index is 883. The maximum absolute atomic E-state index is 12.5. The lowest BCUT2D eigenvalue weighted by molar-refractivity contribution is -0.115. The van der Waals surface area contributed by atoms with E-state index in [0.29, 0.717) is 22.8 Å². The highest BCUT2D eigenvalue weighted by Gasteiger charge is 2.27. The molecular formula is C16H15ClN2O3S2. The Morgan fingerprint density at radius 2 is 1.92 bits per heavy atom. The van der Waals surface area contributed by atoms with Crippen molar-refractivity contribution in [3.63, 3.8) is 0 Å². The number of halogens is 1. The molecule has 126 valence electrons. The zero-order chi connectivity index (χ0) is 17.3. The number of hydrogen-bond acceptors (Lipinski definition) is 4. The van der Waals surface area contributed by atoms with E-state index in [-0.39, 0.29) is 16.1 Å². The summed E-state index contributed by atoms with van der Waals surface area (Å²) in [5.74, 6) is -0.102. The minimum absolute atomic E-state index is 0.0899.